The third-order valence-corrected chi connectivity index (χ3v) is 3.21. The van der Waals surface area contributed by atoms with Crippen molar-refractivity contribution in [2.75, 3.05) is 40.3 Å². The second-order valence-electron chi connectivity index (χ2n) is 6.25. The number of quaternary nitrogens is 1. The van der Waals surface area contributed by atoms with E-state index in [4.69, 9.17) is 0 Å². The van der Waals surface area contributed by atoms with Gasteiger partial charge in [0.1, 0.15) is 0 Å². The van der Waals surface area contributed by atoms with Crippen molar-refractivity contribution in [2.45, 2.75) is 13.8 Å². The third kappa shape index (κ3) is 19.9. The molecular weight excluding hydrogens is 386 g/mol. The van der Waals surface area contributed by atoms with E-state index < -0.39 is 5.91 Å². The van der Waals surface area contributed by atoms with Gasteiger partial charge in [0.15, 0.2) is 0 Å². The Morgan fingerprint density at radius 3 is 1.45 bits per heavy atom. The third-order valence-electron chi connectivity index (χ3n) is 3.21. The molecule has 0 spiro atoms. The Morgan fingerprint density at radius 2 is 1.03 bits per heavy atom. The van der Waals surface area contributed by atoms with Gasteiger partial charge >= 0.3 is 0 Å². The minimum Gasteiger partial charge on any atom is -0.351 e. The first-order valence-corrected chi connectivity index (χ1v) is 9.14. The summed E-state index contributed by atoms with van der Waals surface area (Å²) in [4.78, 5) is 22.5. The Morgan fingerprint density at radius 1 is 0.645 bits per heavy atom. The van der Waals surface area contributed by atoms with Crippen LogP contribution >= 0.6 is 0 Å². The number of hydrogen-bond acceptors (Lipinski definition) is 2. The van der Waals surface area contributed by atoms with E-state index in [9.17, 15) is 9.59 Å². The normalized spacial score (nSPS) is 7.35. The Hall–Kier alpha value is -4.62. The van der Waals surface area contributed by atoms with Gasteiger partial charge in [0.25, 0.3) is 5.91 Å². The maximum Gasteiger partial charge on any atom is 0.297 e. The van der Waals surface area contributed by atoms with E-state index in [1.54, 1.807) is 6.92 Å². The zero-order valence-electron chi connectivity index (χ0n) is 18.1. The molecule has 0 aliphatic heterocycles. The Balaban J connectivity index is 4.29. The van der Waals surface area contributed by atoms with Crippen LogP contribution in [0.25, 0.3) is 0 Å². The Bertz CT molecular complexity index is 1160. The number of likely N-dealkylation sites (N-methyl/N-ethyl adjacent to an activating group) is 1. The lowest BCUT2D eigenvalue weighted by Gasteiger charge is -2.29. The van der Waals surface area contributed by atoms with Gasteiger partial charge in [-0.05, 0) is 89.8 Å². The average molecular weight is 408 g/mol. The SMILES string of the molecule is CC#CC#CC#CC#CC#CC#CC#CC#CC(=O)NCC[N+](C)(C)CCNC(C)=O. The number of hydrogen-bond donors (Lipinski definition) is 2. The molecule has 0 rings (SSSR count). The zero-order valence-corrected chi connectivity index (χ0v) is 18.1. The van der Waals surface area contributed by atoms with Gasteiger partial charge in [-0.15, -0.1) is 0 Å². The lowest BCUT2D eigenvalue weighted by atomic mass is 10.4. The predicted octanol–water partition coefficient (Wildman–Crippen LogP) is -0.638. The molecule has 0 aliphatic rings. The summed E-state index contributed by atoms with van der Waals surface area (Å²) in [6, 6.07) is 0. The largest absolute Gasteiger partial charge is 0.351 e. The smallest absolute Gasteiger partial charge is 0.297 e. The monoisotopic (exact) mass is 408 g/mol. The van der Waals surface area contributed by atoms with E-state index in [0.717, 1.165) is 6.54 Å². The minimum absolute atomic E-state index is 0.0550. The van der Waals surface area contributed by atoms with Gasteiger partial charge in [-0.2, -0.15) is 0 Å². The van der Waals surface area contributed by atoms with Gasteiger partial charge in [0.2, 0.25) is 5.91 Å². The number of carbonyl (C=O) groups is 2. The summed E-state index contributed by atoms with van der Waals surface area (Å²) in [5.41, 5.74) is 0. The van der Waals surface area contributed by atoms with E-state index >= 15 is 0 Å². The van der Waals surface area contributed by atoms with Gasteiger partial charge in [-0.3, -0.25) is 9.59 Å². The van der Waals surface area contributed by atoms with Crippen molar-refractivity contribution in [1.82, 2.24) is 10.6 Å². The molecule has 0 aromatic rings. The maximum absolute atomic E-state index is 11.7. The van der Waals surface area contributed by atoms with Crippen molar-refractivity contribution >= 4 is 11.8 Å². The maximum atomic E-state index is 11.7. The lowest BCUT2D eigenvalue weighted by molar-refractivity contribution is -0.887. The van der Waals surface area contributed by atoms with Crippen LogP contribution in [-0.2, 0) is 9.59 Å². The molecule has 0 heterocycles. The van der Waals surface area contributed by atoms with Crippen molar-refractivity contribution in [3.05, 3.63) is 0 Å². The average Bonchev–Trinajstić information content (AvgIpc) is 2.70. The van der Waals surface area contributed by atoms with Crippen LogP contribution in [0.5, 0.6) is 0 Å². The van der Waals surface area contributed by atoms with Gasteiger partial charge in [-0.1, -0.05) is 5.92 Å². The van der Waals surface area contributed by atoms with Crippen molar-refractivity contribution < 1.29 is 14.1 Å². The number of amides is 2. The number of rotatable bonds is 6. The molecule has 0 fully saturated rings. The first-order chi connectivity index (χ1) is 14.9. The van der Waals surface area contributed by atoms with Gasteiger partial charge < -0.3 is 15.1 Å². The number of carbonyl (C=O) groups excluding carboxylic acids is 2. The molecule has 0 aliphatic carbocycles. The molecule has 0 aromatic carbocycles. The summed E-state index contributed by atoms with van der Waals surface area (Å²) in [5.74, 6) is 39.5. The van der Waals surface area contributed by atoms with Crippen molar-refractivity contribution in [3.63, 3.8) is 0 Å². The minimum atomic E-state index is -0.410. The summed E-state index contributed by atoms with van der Waals surface area (Å²) < 4.78 is 0.656. The standard InChI is InChI=1S/C26H21N3O2/c1-5-6-7-8-9-10-11-12-13-14-15-16-17-18-19-20-26(31)28-22-24-29(3,4)23-21-27-25(2)30/h21-24H2,1-4H3,(H-,27,28,30,31)/p+1. The molecule has 0 aromatic heterocycles. The Kier molecular flexibility index (Phi) is 14.9. The summed E-state index contributed by atoms with van der Waals surface area (Å²) in [6.45, 7) is 5.69. The van der Waals surface area contributed by atoms with Crippen molar-refractivity contribution in [2.24, 2.45) is 0 Å². The molecule has 5 nitrogen and oxygen atoms in total. The van der Waals surface area contributed by atoms with E-state index in [-0.39, 0.29) is 5.91 Å². The quantitative estimate of drug-likeness (QED) is 0.454. The van der Waals surface area contributed by atoms with Crippen LogP contribution in [0.1, 0.15) is 13.8 Å². The molecule has 0 saturated heterocycles. The fraction of sp³-hybridized carbons (Fsp3) is 0.308. The van der Waals surface area contributed by atoms with E-state index in [1.165, 1.54) is 6.92 Å². The molecular formula is C26H22N3O2+. The first kappa shape index (κ1) is 26.4. The summed E-state index contributed by atoms with van der Waals surface area (Å²) in [7, 11) is 4.04. The van der Waals surface area contributed by atoms with Crippen LogP contribution in [0.3, 0.4) is 0 Å². The molecule has 0 saturated carbocycles. The molecule has 2 N–H and O–H groups in total. The summed E-state index contributed by atoms with van der Waals surface area (Å²) in [6.07, 6.45) is 0. The predicted molar refractivity (Wildman–Crippen MR) is 121 cm³/mol. The van der Waals surface area contributed by atoms with Gasteiger partial charge in [0.05, 0.1) is 40.3 Å². The van der Waals surface area contributed by atoms with Crippen LogP contribution in [0.2, 0.25) is 0 Å². The summed E-state index contributed by atoms with van der Waals surface area (Å²) >= 11 is 0. The molecule has 5 heteroatoms. The van der Waals surface area contributed by atoms with E-state index in [1.807, 2.05) is 14.1 Å². The fourth-order valence-corrected chi connectivity index (χ4v) is 1.69. The first-order valence-electron chi connectivity index (χ1n) is 9.14. The van der Waals surface area contributed by atoms with Crippen LogP contribution in [0.4, 0.5) is 0 Å². The highest BCUT2D eigenvalue weighted by Crippen LogP contribution is 1.93. The number of nitrogens with zero attached hydrogens (tertiary/aromatic N) is 1. The highest BCUT2D eigenvalue weighted by atomic mass is 16.2. The molecule has 0 radical (unpaired) electrons. The molecule has 152 valence electrons. The number of nitrogens with one attached hydrogen (secondary N) is 2. The highest BCUT2D eigenvalue weighted by molar-refractivity contribution is 5.94. The van der Waals surface area contributed by atoms with Crippen LogP contribution in [-0.4, -0.2) is 56.6 Å². The fourth-order valence-electron chi connectivity index (χ4n) is 1.69. The van der Waals surface area contributed by atoms with Gasteiger partial charge in [0, 0.05) is 12.8 Å². The molecule has 0 unspecified atom stereocenters. The van der Waals surface area contributed by atoms with E-state index in [0.29, 0.717) is 24.1 Å². The molecule has 0 atom stereocenters. The van der Waals surface area contributed by atoms with Crippen LogP contribution < -0.4 is 10.6 Å². The zero-order chi connectivity index (χ0) is 23.2. The molecule has 31 heavy (non-hydrogen) atoms. The van der Waals surface area contributed by atoms with Crippen LogP contribution in [0, 0.1) is 94.7 Å². The Labute approximate surface area is 185 Å². The molecule has 0 bridgehead atoms. The second-order valence-corrected chi connectivity index (χ2v) is 6.25. The van der Waals surface area contributed by atoms with Crippen molar-refractivity contribution in [3.8, 4) is 94.7 Å². The highest BCUT2D eigenvalue weighted by Gasteiger charge is 2.14. The van der Waals surface area contributed by atoms with Gasteiger partial charge in [-0.25, -0.2) is 0 Å². The second kappa shape index (κ2) is 17.5. The van der Waals surface area contributed by atoms with Crippen molar-refractivity contribution in [1.29, 1.82) is 0 Å². The van der Waals surface area contributed by atoms with Crippen LogP contribution in [0.15, 0.2) is 0 Å². The summed E-state index contributed by atoms with van der Waals surface area (Å²) in [5, 5.41) is 5.46. The lowest BCUT2D eigenvalue weighted by Crippen LogP contribution is -2.48. The topological polar surface area (TPSA) is 58.2 Å². The molecule has 2 amide bonds. The van der Waals surface area contributed by atoms with E-state index in [2.05, 4.69) is 105 Å².